The van der Waals surface area contributed by atoms with Gasteiger partial charge in [-0.1, -0.05) is 11.3 Å². The molecule has 1 aliphatic heterocycles. The maximum absolute atomic E-state index is 13.3. The number of anilines is 4. The number of amides is 1. The molecule has 0 bridgehead atoms. The minimum absolute atomic E-state index is 0.0974. The van der Waals surface area contributed by atoms with Gasteiger partial charge in [0, 0.05) is 37.5 Å². The van der Waals surface area contributed by atoms with E-state index in [9.17, 15) is 9.90 Å². The molecule has 46 heavy (non-hydrogen) atoms. The van der Waals surface area contributed by atoms with Crippen molar-refractivity contribution in [3.05, 3.63) is 60.0 Å². The third-order valence-electron chi connectivity index (χ3n) is 7.27. The Morgan fingerprint density at radius 1 is 1.02 bits per heavy atom. The average molecular weight is 624 g/mol. The number of pyridine rings is 1. The fourth-order valence-electron chi connectivity index (χ4n) is 4.93. The number of carbonyl (C=O) groups excluding carboxylic acids is 1. The van der Waals surface area contributed by atoms with Gasteiger partial charge in [0.25, 0.3) is 5.91 Å². The highest BCUT2D eigenvalue weighted by Crippen LogP contribution is 2.38. The summed E-state index contributed by atoms with van der Waals surface area (Å²) in [7, 11) is 7.26. The Bertz CT molecular complexity index is 1670. The molecule has 1 saturated heterocycles. The molecule has 14 nitrogen and oxygen atoms in total. The largest absolute Gasteiger partial charge is 0.494 e. The van der Waals surface area contributed by atoms with Gasteiger partial charge >= 0.3 is 0 Å². The summed E-state index contributed by atoms with van der Waals surface area (Å²) in [6.07, 6.45) is 3.50. The van der Waals surface area contributed by atoms with Gasteiger partial charge in [0.05, 0.1) is 50.0 Å². The van der Waals surface area contributed by atoms with Gasteiger partial charge in [0.1, 0.15) is 35.1 Å². The van der Waals surface area contributed by atoms with Crippen LogP contribution in [0.5, 0.6) is 5.75 Å². The third-order valence-corrected chi connectivity index (χ3v) is 7.27. The highest BCUT2D eigenvalue weighted by atomic mass is 16.5. The third kappa shape index (κ3) is 8.41. The van der Waals surface area contributed by atoms with E-state index in [2.05, 4.69) is 46.3 Å². The summed E-state index contributed by atoms with van der Waals surface area (Å²) in [6, 6.07) is 10.8. The van der Waals surface area contributed by atoms with E-state index in [4.69, 9.17) is 9.47 Å². The Kier molecular flexibility index (Phi) is 9.94. The van der Waals surface area contributed by atoms with Gasteiger partial charge in [0.2, 0.25) is 0 Å². The topological polar surface area (TPSA) is 164 Å². The molecule has 1 aromatic carbocycles. The van der Waals surface area contributed by atoms with Gasteiger partial charge in [0.15, 0.2) is 17.3 Å². The van der Waals surface area contributed by atoms with Crippen molar-refractivity contribution < 1.29 is 19.4 Å². The number of ether oxygens (including phenoxy) is 2. The van der Waals surface area contributed by atoms with Crippen LogP contribution in [0.1, 0.15) is 29.9 Å². The molecular formula is C29H39B3N10O4. The van der Waals surface area contributed by atoms with Crippen LogP contribution in [0.4, 0.5) is 23.0 Å². The Morgan fingerprint density at radius 2 is 1.80 bits per heavy atom. The number of methoxy groups -OCH3 is 1. The summed E-state index contributed by atoms with van der Waals surface area (Å²) in [5, 5.41) is 36.7. The van der Waals surface area contributed by atoms with Crippen molar-refractivity contribution in [3.63, 3.8) is 0 Å². The van der Waals surface area contributed by atoms with Gasteiger partial charge < -0.3 is 30.5 Å². The van der Waals surface area contributed by atoms with Gasteiger partial charge in [-0.25, -0.2) is 4.98 Å². The summed E-state index contributed by atoms with van der Waals surface area (Å²) in [5.41, 5.74) is 2.09. The number of nitrogens with zero attached hydrogens (tertiary/aromatic N) is 7. The molecule has 5 rings (SSSR count). The minimum Gasteiger partial charge on any atom is -0.494 e. The molecule has 4 N–H and O–H groups in total. The van der Waals surface area contributed by atoms with Crippen LogP contribution in [0, 0.1) is 0 Å². The van der Waals surface area contributed by atoms with Crippen LogP contribution in [-0.2, 0) is 16.9 Å². The highest BCUT2D eigenvalue weighted by molar-refractivity contribution is 6.60. The highest BCUT2D eigenvalue weighted by Gasteiger charge is 2.23. The number of benzene rings is 1. The van der Waals surface area contributed by atoms with Crippen molar-refractivity contribution in [2.45, 2.75) is 31.2 Å². The van der Waals surface area contributed by atoms with E-state index in [-0.39, 0.29) is 5.69 Å². The molecule has 0 spiro atoms. The van der Waals surface area contributed by atoms with E-state index >= 15 is 0 Å². The van der Waals surface area contributed by atoms with Crippen LogP contribution < -0.4 is 20.7 Å². The number of aromatic nitrogens is 6. The van der Waals surface area contributed by atoms with Crippen molar-refractivity contribution >= 4 is 52.5 Å². The number of carbonyl (C=O) groups is 1. The molecule has 0 saturated carbocycles. The molecule has 238 valence electrons. The number of aliphatic hydroxyl groups is 1. The van der Waals surface area contributed by atoms with E-state index in [1.807, 2.05) is 52.6 Å². The number of rotatable bonds is 12. The first-order chi connectivity index (χ1) is 21.9. The fourth-order valence-corrected chi connectivity index (χ4v) is 4.93. The lowest BCUT2D eigenvalue weighted by Gasteiger charge is -2.26. The summed E-state index contributed by atoms with van der Waals surface area (Å²) < 4.78 is 13.1. The monoisotopic (exact) mass is 624 g/mol. The molecule has 1 aliphatic rings. The van der Waals surface area contributed by atoms with Crippen molar-refractivity contribution in [3.8, 4) is 17.0 Å². The Labute approximate surface area is 270 Å². The Hall–Kier alpha value is -4.47. The maximum atomic E-state index is 13.3. The van der Waals surface area contributed by atoms with Crippen molar-refractivity contribution in [2.24, 2.45) is 0 Å². The van der Waals surface area contributed by atoms with Crippen LogP contribution in [0.25, 0.3) is 11.3 Å². The van der Waals surface area contributed by atoms with Crippen molar-refractivity contribution in [1.29, 1.82) is 0 Å². The van der Waals surface area contributed by atoms with E-state index in [1.54, 1.807) is 45.4 Å². The van der Waals surface area contributed by atoms with E-state index < -0.39 is 16.7 Å². The van der Waals surface area contributed by atoms with Crippen LogP contribution in [0.3, 0.4) is 0 Å². The molecular weight excluding hydrogens is 585 g/mol. The molecule has 1 amide bonds. The second kappa shape index (κ2) is 13.9. The standard InChI is InChI=1S/C29H39B3N10O4/c1-28(2,44)18-7-8-33-23(15-18)35-24-16-21(25(39-38-24)27(43)36-29(30,31)32)34-20-6-4-5-19(26(20)45-3)22-17-42(40-37-22)10-9-41-11-13-46-14-12-41/h4-8,15-17,44H,9-14,30-32H2,1-3H3,(H,36,43)(H2,33,34,35,38). The maximum Gasteiger partial charge on any atom is 0.272 e. The zero-order chi connectivity index (χ0) is 32.9. The lowest BCUT2D eigenvalue weighted by molar-refractivity contribution is 0.0359. The van der Waals surface area contributed by atoms with Crippen molar-refractivity contribution in [1.82, 2.24) is 40.4 Å². The number of hydrogen-bond acceptors (Lipinski definition) is 12. The summed E-state index contributed by atoms with van der Waals surface area (Å²) in [5.74, 6) is 0.932. The van der Waals surface area contributed by atoms with Gasteiger partial charge in [-0.3, -0.25) is 14.4 Å². The van der Waals surface area contributed by atoms with E-state index in [0.29, 0.717) is 46.6 Å². The predicted molar refractivity (Wildman–Crippen MR) is 183 cm³/mol. The zero-order valence-corrected chi connectivity index (χ0v) is 27.2. The quantitative estimate of drug-likeness (QED) is 0.149. The van der Waals surface area contributed by atoms with Crippen LogP contribution in [0.2, 0.25) is 0 Å². The van der Waals surface area contributed by atoms with Crippen molar-refractivity contribution in [2.75, 3.05) is 50.6 Å². The summed E-state index contributed by atoms with van der Waals surface area (Å²) in [4.78, 5) is 20.0. The molecule has 4 aromatic rings. The first-order valence-electron chi connectivity index (χ1n) is 15.2. The van der Waals surface area contributed by atoms with Gasteiger partial charge in [-0.15, -0.1) is 15.3 Å². The molecule has 0 aliphatic carbocycles. The molecule has 3 aromatic heterocycles. The predicted octanol–water partition coefficient (Wildman–Crippen LogP) is -0.574. The lowest BCUT2D eigenvalue weighted by atomic mass is 9.49. The normalized spacial score (nSPS) is 14.1. The average Bonchev–Trinajstić information content (AvgIpc) is 3.48. The van der Waals surface area contributed by atoms with E-state index in [1.165, 1.54) is 0 Å². The molecule has 0 radical (unpaired) electrons. The van der Waals surface area contributed by atoms with Crippen LogP contribution in [0.15, 0.2) is 48.8 Å². The second-order valence-corrected chi connectivity index (χ2v) is 12.6. The second-order valence-electron chi connectivity index (χ2n) is 12.6. The van der Waals surface area contributed by atoms with Crippen LogP contribution in [-0.4, -0.2) is 115 Å². The molecule has 4 heterocycles. The Morgan fingerprint density at radius 3 is 2.52 bits per heavy atom. The molecule has 0 unspecified atom stereocenters. The first kappa shape index (κ1) is 32.9. The van der Waals surface area contributed by atoms with Gasteiger partial charge in [-0.05, 0) is 48.9 Å². The number of morpholine rings is 1. The summed E-state index contributed by atoms with van der Waals surface area (Å²) >= 11 is 0. The van der Waals surface area contributed by atoms with Gasteiger partial charge in [-0.2, -0.15) is 0 Å². The molecule has 0 atom stereocenters. The number of para-hydroxylation sites is 1. The SMILES string of the molecule is BC(B)(B)NC(=O)c1nnc(Nc2cc(C(C)(C)O)ccn2)cc1Nc1cccc(-c2cn(CCN3CCOCC3)nn2)c1OC. The smallest absolute Gasteiger partial charge is 0.272 e. The van der Waals surface area contributed by atoms with Crippen LogP contribution >= 0.6 is 0 Å². The molecule has 1 fully saturated rings. The Balaban J connectivity index is 1.44. The number of nitrogens with one attached hydrogen (secondary N) is 3. The minimum atomic E-state index is -1.05. The number of hydrogen-bond donors (Lipinski definition) is 4. The molecule has 17 heteroatoms. The first-order valence-corrected chi connectivity index (χ1v) is 15.2. The fraction of sp³-hybridized carbons (Fsp3) is 0.379. The zero-order valence-electron chi connectivity index (χ0n) is 27.2. The lowest BCUT2D eigenvalue weighted by Crippen LogP contribution is -2.50. The van der Waals surface area contributed by atoms with E-state index in [0.717, 1.165) is 38.4 Å². The summed E-state index contributed by atoms with van der Waals surface area (Å²) in [6.45, 7) is 8.26.